The maximum atomic E-state index is 13.6. The van der Waals surface area contributed by atoms with Gasteiger partial charge in [0.2, 0.25) is 0 Å². The van der Waals surface area contributed by atoms with Crippen LogP contribution in [-0.2, 0) is 9.59 Å². The van der Waals surface area contributed by atoms with Crippen LogP contribution in [0.25, 0.3) is 16.8 Å². The van der Waals surface area contributed by atoms with E-state index in [0.29, 0.717) is 43.0 Å². The topological polar surface area (TPSA) is 55.8 Å². The average molecular weight is 635 g/mol. The van der Waals surface area contributed by atoms with Gasteiger partial charge < -0.3 is 9.47 Å². The number of halogens is 1. The number of carbonyl (C=O) groups excluding carboxylic acids is 2. The Kier molecular flexibility index (Phi) is 6.56. The first kappa shape index (κ1) is 26.2. The summed E-state index contributed by atoms with van der Waals surface area (Å²) in [4.78, 5) is 29.3. The molecule has 204 valence electrons. The highest BCUT2D eigenvalue weighted by molar-refractivity contribution is 9.10. The van der Waals surface area contributed by atoms with Gasteiger partial charge in [-0.05, 0) is 107 Å². The molecule has 40 heavy (non-hydrogen) atoms. The van der Waals surface area contributed by atoms with E-state index in [-0.39, 0.29) is 17.3 Å². The quantitative estimate of drug-likeness (QED) is 0.122. The number of fused-ring (bicyclic) bond motifs is 1. The molecule has 5 aliphatic rings. The molecule has 0 radical (unpaired) electrons. The number of hydrogen-bond acceptors (Lipinski definition) is 6. The van der Waals surface area contributed by atoms with E-state index in [1.807, 2.05) is 54.6 Å². The molecule has 5 nitrogen and oxygen atoms in total. The Balaban J connectivity index is 1.16. The summed E-state index contributed by atoms with van der Waals surface area (Å²) >= 11 is 10.5. The average Bonchev–Trinajstić information content (AvgIpc) is 3.20. The highest BCUT2D eigenvalue weighted by atomic mass is 79.9. The van der Waals surface area contributed by atoms with Gasteiger partial charge >= 0.3 is 5.97 Å². The van der Waals surface area contributed by atoms with Crippen molar-refractivity contribution in [3.05, 3.63) is 69.5 Å². The van der Waals surface area contributed by atoms with Crippen molar-refractivity contribution < 1.29 is 19.1 Å². The summed E-state index contributed by atoms with van der Waals surface area (Å²) in [7, 11) is 1.56. The second kappa shape index (κ2) is 10.00. The van der Waals surface area contributed by atoms with E-state index in [1.54, 1.807) is 18.1 Å². The van der Waals surface area contributed by atoms with Crippen molar-refractivity contribution >= 4 is 78.6 Å². The van der Waals surface area contributed by atoms with Gasteiger partial charge in [-0.15, -0.1) is 0 Å². The van der Waals surface area contributed by atoms with Crippen LogP contribution in [0.15, 0.2) is 64.0 Å². The van der Waals surface area contributed by atoms with Crippen LogP contribution in [0.3, 0.4) is 0 Å². The number of ether oxygens (including phenoxy) is 2. The monoisotopic (exact) mass is 633 g/mol. The van der Waals surface area contributed by atoms with Crippen LogP contribution in [0.1, 0.15) is 44.1 Å². The van der Waals surface area contributed by atoms with E-state index >= 15 is 0 Å². The highest BCUT2D eigenvalue weighted by Gasteiger charge is 2.55. The molecule has 3 aromatic rings. The van der Waals surface area contributed by atoms with Gasteiger partial charge in [0.15, 0.2) is 15.8 Å². The normalized spacial score (nSPS) is 28.1. The molecule has 4 aliphatic carbocycles. The molecule has 0 spiro atoms. The van der Waals surface area contributed by atoms with Crippen LogP contribution < -0.4 is 14.4 Å². The third-order valence-corrected chi connectivity index (χ3v) is 10.9. The number of thioether (sulfide) groups is 1. The van der Waals surface area contributed by atoms with Gasteiger partial charge in [-0.2, -0.15) is 0 Å². The fourth-order valence-electron chi connectivity index (χ4n) is 7.71. The lowest BCUT2D eigenvalue weighted by molar-refractivity contribution is -0.161. The number of amides is 1. The summed E-state index contributed by atoms with van der Waals surface area (Å²) in [6, 6.07) is 17.5. The molecule has 0 atom stereocenters. The largest absolute Gasteiger partial charge is 0.493 e. The molecule has 8 heteroatoms. The molecule has 0 aromatic heterocycles. The molecule has 1 saturated heterocycles. The SMILES string of the molecule is COc1cc(/C=C2/SC(=S)N(c3cccc4ccccc34)C2=O)cc(Br)c1OC(=O)C12CC3CC(CC(C3)C1)C2. The lowest BCUT2D eigenvalue weighted by Gasteiger charge is -2.55. The molecule has 4 saturated carbocycles. The number of hydrogen-bond donors (Lipinski definition) is 0. The number of esters is 1. The molecule has 4 bridgehead atoms. The van der Waals surface area contributed by atoms with Gasteiger partial charge in [0.1, 0.15) is 0 Å². The minimum Gasteiger partial charge on any atom is -0.493 e. The number of rotatable bonds is 5. The molecule has 8 rings (SSSR count). The van der Waals surface area contributed by atoms with Gasteiger partial charge in [-0.3, -0.25) is 14.5 Å². The van der Waals surface area contributed by atoms with Gasteiger partial charge in [-0.25, -0.2) is 0 Å². The number of nitrogens with zero attached hydrogens (tertiary/aromatic N) is 1. The third-order valence-electron chi connectivity index (χ3n) is 9.02. The Morgan fingerprint density at radius 1 is 1.05 bits per heavy atom. The van der Waals surface area contributed by atoms with Crippen molar-refractivity contribution in [1.29, 1.82) is 0 Å². The molecule has 1 heterocycles. The number of thiocarbonyl (C=S) groups is 1. The lowest BCUT2D eigenvalue weighted by Crippen LogP contribution is -2.51. The van der Waals surface area contributed by atoms with E-state index in [4.69, 9.17) is 21.7 Å². The summed E-state index contributed by atoms with van der Waals surface area (Å²) in [5, 5.41) is 2.02. The smallest absolute Gasteiger partial charge is 0.317 e. The first-order chi connectivity index (χ1) is 19.3. The maximum Gasteiger partial charge on any atom is 0.317 e. The first-order valence-corrected chi connectivity index (χ1v) is 15.7. The Bertz CT molecular complexity index is 1580. The molecule has 0 N–H and O–H groups in total. The summed E-state index contributed by atoms with van der Waals surface area (Å²) in [5.74, 6) is 2.50. The Morgan fingerprint density at radius 2 is 1.73 bits per heavy atom. The summed E-state index contributed by atoms with van der Waals surface area (Å²) in [5.41, 5.74) is 1.15. The second-order valence-electron chi connectivity index (χ2n) is 11.6. The van der Waals surface area contributed by atoms with Crippen LogP contribution in [0.2, 0.25) is 0 Å². The van der Waals surface area contributed by atoms with E-state index in [9.17, 15) is 9.59 Å². The van der Waals surface area contributed by atoms with Crippen molar-refractivity contribution in [2.24, 2.45) is 23.2 Å². The highest BCUT2D eigenvalue weighted by Crippen LogP contribution is 2.60. The minimum absolute atomic E-state index is 0.130. The lowest BCUT2D eigenvalue weighted by atomic mass is 9.49. The van der Waals surface area contributed by atoms with Gasteiger partial charge in [0.05, 0.1) is 27.6 Å². The predicted molar refractivity (Wildman–Crippen MR) is 167 cm³/mol. The number of methoxy groups -OCH3 is 1. The molecule has 3 aromatic carbocycles. The van der Waals surface area contributed by atoms with Crippen LogP contribution in [0, 0.1) is 23.2 Å². The maximum absolute atomic E-state index is 13.6. The van der Waals surface area contributed by atoms with Crippen molar-refractivity contribution in [2.75, 3.05) is 12.0 Å². The molecule has 1 amide bonds. The fraction of sp³-hybridized carbons (Fsp3) is 0.344. The molecular weight excluding hydrogens is 606 g/mol. The van der Waals surface area contributed by atoms with Crippen molar-refractivity contribution in [3.63, 3.8) is 0 Å². The second-order valence-corrected chi connectivity index (χ2v) is 14.2. The molecule has 1 aliphatic heterocycles. The van der Waals surface area contributed by atoms with Crippen molar-refractivity contribution in [3.8, 4) is 11.5 Å². The van der Waals surface area contributed by atoms with Crippen LogP contribution >= 0.6 is 39.9 Å². The van der Waals surface area contributed by atoms with E-state index in [1.165, 1.54) is 31.0 Å². The van der Waals surface area contributed by atoms with E-state index in [2.05, 4.69) is 15.9 Å². The van der Waals surface area contributed by atoms with Gasteiger partial charge in [0, 0.05) is 5.39 Å². The third kappa shape index (κ3) is 4.39. The van der Waals surface area contributed by atoms with Crippen LogP contribution in [0.5, 0.6) is 11.5 Å². The summed E-state index contributed by atoms with van der Waals surface area (Å²) < 4.78 is 12.9. The number of benzene rings is 3. The van der Waals surface area contributed by atoms with E-state index in [0.717, 1.165) is 41.3 Å². The van der Waals surface area contributed by atoms with Gasteiger partial charge in [-0.1, -0.05) is 60.4 Å². The standard InChI is InChI=1S/C32H28BrNO4S2/c1-37-26-13-18(12-24(33)28(26)38-30(36)32-15-19-9-20(16-32)11-21(10-19)17-32)14-27-29(35)34(31(39)40-27)25-8-4-6-22-5-2-3-7-23(22)25/h2-8,12-14,19-21H,9-11,15-17H2,1H3/b27-14+. The zero-order valence-electron chi connectivity index (χ0n) is 22.0. The zero-order chi connectivity index (χ0) is 27.6. The van der Waals surface area contributed by atoms with Crippen LogP contribution in [0.4, 0.5) is 5.69 Å². The predicted octanol–water partition coefficient (Wildman–Crippen LogP) is 8.14. The molecule has 5 fully saturated rings. The summed E-state index contributed by atoms with van der Waals surface area (Å²) in [6.07, 6.45) is 8.42. The Morgan fingerprint density at radius 3 is 2.42 bits per heavy atom. The first-order valence-electron chi connectivity index (χ1n) is 13.7. The Labute approximate surface area is 251 Å². The Hall–Kier alpha value is -2.68. The number of anilines is 1. The fourth-order valence-corrected chi connectivity index (χ4v) is 9.54. The number of carbonyl (C=O) groups is 2. The van der Waals surface area contributed by atoms with E-state index < -0.39 is 0 Å². The zero-order valence-corrected chi connectivity index (χ0v) is 25.2. The molecule has 0 unspecified atom stereocenters. The van der Waals surface area contributed by atoms with Crippen molar-refractivity contribution in [1.82, 2.24) is 0 Å². The minimum atomic E-state index is -0.368. The molecular formula is C32H28BrNO4S2. The van der Waals surface area contributed by atoms with Gasteiger partial charge in [0.25, 0.3) is 5.91 Å². The van der Waals surface area contributed by atoms with Crippen LogP contribution in [-0.4, -0.2) is 23.3 Å². The van der Waals surface area contributed by atoms with Crippen molar-refractivity contribution in [2.45, 2.75) is 38.5 Å². The summed E-state index contributed by atoms with van der Waals surface area (Å²) in [6.45, 7) is 0.